The van der Waals surface area contributed by atoms with E-state index in [2.05, 4.69) is 15.5 Å². The summed E-state index contributed by atoms with van der Waals surface area (Å²) in [6, 6.07) is 5.57. The van der Waals surface area contributed by atoms with Crippen LogP contribution in [0.2, 0.25) is 0 Å². The van der Waals surface area contributed by atoms with Crippen molar-refractivity contribution < 1.29 is 9.47 Å². The van der Waals surface area contributed by atoms with Crippen LogP contribution in [0.25, 0.3) is 0 Å². The van der Waals surface area contributed by atoms with Gasteiger partial charge in [-0.05, 0) is 24.4 Å². The molecule has 0 bridgehead atoms. The lowest BCUT2D eigenvalue weighted by Crippen LogP contribution is -2.17. The van der Waals surface area contributed by atoms with Crippen molar-refractivity contribution in [3.05, 3.63) is 23.8 Å². The van der Waals surface area contributed by atoms with E-state index in [4.69, 9.17) is 21.7 Å². The largest absolute Gasteiger partial charge is 0.493 e. The highest BCUT2D eigenvalue weighted by Crippen LogP contribution is 2.31. The minimum absolute atomic E-state index is 0.229. The van der Waals surface area contributed by atoms with Gasteiger partial charge in [-0.15, -0.1) is 5.11 Å². The molecule has 5 nitrogen and oxygen atoms in total. The first-order chi connectivity index (χ1) is 7.74. The van der Waals surface area contributed by atoms with Crippen LogP contribution in [0.4, 0.5) is 0 Å². The lowest BCUT2D eigenvalue weighted by atomic mass is 10.1. The Hall–Kier alpha value is -1.69. The summed E-state index contributed by atoms with van der Waals surface area (Å²) >= 11 is 4.88. The van der Waals surface area contributed by atoms with E-state index in [0.717, 1.165) is 5.56 Å². The topological polar surface area (TPSA) is 55.2 Å². The molecule has 1 aromatic rings. The van der Waals surface area contributed by atoms with Crippen LogP contribution < -0.4 is 14.8 Å². The van der Waals surface area contributed by atoms with Gasteiger partial charge in [0, 0.05) is 5.56 Å². The van der Waals surface area contributed by atoms with E-state index in [-0.39, 0.29) is 6.17 Å². The van der Waals surface area contributed by atoms with Crippen LogP contribution in [0, 0.1) is 0 Å². The molecule has 0 radical (unpaired) electrons. The Balaban J connectivity index is 2.29. The average Bonchev–Trinajstić information content (AvgIpc) is 2.75. The van der Waals surface area contributed by atoms with Crippen molar-refractivity contribution in [2.24, 2.45) is 10.2 Å². The molecular formula is C10H11N3O2S. The molecule has 1 heterocycles. The van der Waals surface area contributed by atoms with Crippen LogP contribution in [0.1, 0.15) is 11.7 Å². The summed E-state index contributed by atoms with van der Waals surface area (Å²) in [4.78, 5) is 0. The summed E-state index contributed by atoms with van der Waals surface area (Å²) in [6.07, 6.45) is -0.229. The zero-order chi connectivity index (χ0) is 11.5. The maximum absolute atomic E-state index is 5.21. The van der Waals surface area contributed by atoms with Crippen LogP contribution >= 0.6 is 12.2 Å². The second-order valence-corrected chi connectivity index (χ2v) is 3.57. The van der Waals surface area contributed by atoms with Gasteiger partial charge in [0.25, 0.3) is 0 Å². The minimum atomic E-state index is -0.229. The first-order valence-electron chi connectivity index (χ1n) is 4.68. The normalized spacial score (nSPS) is 18.4. The molecule has 6 heteroatoms. The molecule has 1 aliphatic heterocycles. The lowest BCUT2D eigenvalue weighted by Gasteiger charge is -2.11. The van der Waals surface area contributed by atoms with Gasteiger partial charge in [-0.25, -0.2) is 0 Å². The molecule has 2 rings (SSSR count). The zero-order valence-corrected chi connectivity index (χ0v) is 9.75. The Bertz CT molecular complexity index is 448. The summed E-state index contributed by atoms with van der Waals surface area (Å²) in [5.74, 6) is 1.35. The Morgan fingerprint density at radius 1 is 1.25 bits per heavy atom. The summed E-state index contributed by atoms with van der Waals surface area (Å²) in [5, 5.41) is 11.1. The molecule has 0 saturated heterocycles. The van der Waals surface area contributed by atoms with Gasteiger partial charge in [-0.1, -0.05) is 6.07 Å². The van der Waals surface area contributed by atoms with E-state index < -0.39 is 0 Å². The molecule has 0 aromatic heterocycles. The Morgan fingerprint density at radius 2 is 2.00 bits per heavy atom. The van der Waals surface area contributed by atoms with E-state index in [1.54, 1.807) is 14.2 Å². The van der Waals surface area contributed by atoms with Gasteiger partial charge in [-0.3, -0.25) is 0 Å². The highest BCUT2D eigenvalue weighted by Gasteiger charge is 2.18. The predicted molar refractivity (Wildman–Crippen MR) is 62.9 cm³/mol. The second kappa shape index (κ2) is 4.44. The number of hydrogen-bond donors (Lipinski definition) is 1. The zero-order valence-electron chi connectivity index (χ0n) is 8.93. The van der Waals surface area contributed by atoms with Gasteiger partial charge in [0.15, 0.2) is 17.7 Å². The SMILES string of the molecule is COc1ccc(C2N=NC(=S)N2)cc1OC. The third-order valence-corrected chi connectivity index (χ3v) is 2.45. The van der Waals surface area contributed by atoms with Crippen LogP contribution in [0.5, 0.6) is 11.5 Å². The fourth-order valence-corrected chi connectivity index (χ4v) is 1.62. The molecule has 1 aromatic carbocycles. The van der Waals surface area contributed by atoms with Gasteiger partial charge in [0.05, 0.1) is 14.2 Å². The van der Waals surface area contributed by atoms with Gasteiger partial charge in [0.1, 0.15) is 0 Å². The number of nitrogens with zero attached hydrogens (tertiary/aromatic N) is 2. The molecule has 1 aliphatic rings. The molecule has 84 valence electrons. The first kappa shape index (κ1) is 10.8. The van der Waals surface area contributed by atoms with Crippen molar-refractivity contribution in [1.82, 2.24) is 5.32 Å². The number of methoxy groups -OCH3 is 2. The van der Waals surface area contributed by atoms with Gasteiger partial charge >= 0.3 is 0 Å². The number of rotatable bonds is 3. The fraction of sp³-hybridized carbons (Fsp3) is 0.300. The molecule has 1 atom stereocenters. The highest BCUT2D eigenvalue weighted by atomic mass is 32.1. The molecule has 0 aliphatic carbocycles. The minimum Gasteiger partial charge on any atom is -0.493 e. The van der Waals surface area contributed by atoms with E-state index in [0.29, 0.717) is 16.6 Å². The Labute approximate surface area is 98.5 Å². The number of azo groups is 1. The summed E-state index contributed by atoms with van der Waals surface area (Å²) in [7, 11) is 3.19. The van der Waals surface area contributed by atoms with E-state index in [1.807, 2.05) is 18.2 Å². The maximum Gasteiger partial charge on any atom is 0.215 e. The van der Waals surface area contributed by atoms with Crippen molar-refractivity contribution in [1.29, 1.82) is 0 Å². The van der Waals surface area contributed by atoms with Crippen molar-refractivity contribution in [3.63, 3.8) is 0 Å². The second-order valence-electron chi connectivity index (χ2n) is 3.18. The van der Waals surface area contributed by atoms with Gasteiger partial charge in [-0.2, -0.15) is 5.11 Å². The number of benzene rings is 1. The summed E-state index contributed by atoms with van der Waals surface area (Å²) < 4.78 is 10.4. The lowest BCUT2D eigenvalue weighted by molar-refractivity contribution is 0.354. The number of thiocarbonyl (C=S) groups is 1. The molecule has 1 N–H and O–H groups in total. The van der Waals surface area contributed by atoms with Crippen molar-refractivity contribution in [2.75, 3.05) is 14.2 Å². The van der Waals surface area contributed by atoms with Gasteiger partial charge in [0.2, 0.25) is 5.11 Å². The monoisotopic (exact) mass is 237 g/mol. The maximum atomic E-state index is 5.21. The number of hydrogen-bond acceptors (Lipinski definition) is 4. The molecule has 0 fully saturated rings. The van der Waals surface area contributed by atoms with E-state index in [9.17, 15) is 0 Å². The standard InChI is InChI=1S/C10H11N3O2S/c1-14-7-4-3-6(5-8(7)15-2)9-11-10(16)13-12-9/h3-5,9H,1-2H3,(H,11,16). The molecule has 0 saturated carbocycles. The molecule has 0 amide bonds. The average molecular weight is 237 g/mol. The van der Waals surface area contributed by atoms with E-state index in [1.165, 1.54) is 0 Å². The van der Waals surface area contributed by atoms with Crippen molar-refractivity contribution in [3.8, 4) is 11.5 Å². The van der Waals surface area contributed by atoms with Crippen LogP contribution in [0.15, 0.2) is 28.4 Å². The Morgan fingerprint density at radius 3 is 2.56 bits per heavy atom. The molecule has 1 unspecified atom stereocenters. The third kappa shape index (κ3) is 1.96. The summed E-state index contributed by atoms with van der Waals surface area (Å²) in [6.45, 7) is 0. The molecule has 0 spiro atoms. The van der Waals surface area contributed by atoms with E-state index >= 15 is 0 Å². The van der Waals surface area contributed by atoms with Crippen LogP contribution in [-0.2, 0) is 0 Å². The third-order valence-electron chi connectivity index (χ3n) is 2.25. The van der Waals surface area contributed by atoms with Crippen molar-refractivity contribution in [2.45, 2.75) is 6.17 Å². The molecular weight excluding hydrogens is 226 g/mol. The van der Waals surface area contributed by atoms with Crippen LogP contribution in [-0.4, -0.2) is 19.3 Å². The predicted octanol–water partition coefficient (Wildman–Crippen LogP) is 2.04. The van der Waals surface area contributed by atoms with Crippen molar-refractivity contribution >= 4 is 17.3 Å². The first-order valence-corrected chi connectivity index (χ1v) is 5.08. The van der Waals surface area contributed by atoms with Crippen LogP contribution in [0.3, 0.4) is 0 Å². The molecule has 16 heavy (non-hydrogen) atoms. The smallest absolute Gasteiger partial charge is 0.215 e. The van der Waals surface area contributed by atoms with Gasteiger partial charge < -0.3 is 14.8 Å². The fourth-order valence-electron chi connectivity index (χ4n) is 1.46. The Kier molecular flexibility index (Phi) is 3.00. The highest BCUT2D eigenvalue weighted by molar-refractivity contribution is 7.80. The quantitative estimate of drug-likeness (QED) is 0.817. The number of ether oxygens (including phenoxy) is 2. The summed E-state index contributed by atoms with van der Waals surface area (Å²) in [5.41, 5.74) is 0.932. The number of nitrogens with one attached hydrogen (secondary N) is 1.